The van der Waals surface area contributed by atoms with Crippen LogP contribution in [-0.2, 0) is 35.1 Å². The Kier molecular flexibility index (Phi) is 10.1. The summed E-state index contributed by atoms with van der Waals surface area (Å²) in [5.74, 6) is -2.91. The Labute approximate surface area is 202 Å². The SMILES string of the molecule is CCOC(=O)[C@H](C)NC(=O)[C@H](CCC(=O)C=N)NC(=O)[C@H](Cc1c[nH]c2ccccc12)NC(C)=O. The minimum absolute atomic E-state index is 0.0960. The fourth-order valence-corrected chi connectivity index (χ4v) is 3.52. The second kappa shape index (κ2) is 13.0. The lowest BCUT2D eigenvalue weighted by atomic mass is 10.0. The van der Waals surface area contributed by atoms with Crippen LogP contribution in [0.2, 0.25) is 0 Å². The van der Waals surface area contributed by atoms with Crippen LogP contribution in [0.25, 0.3) is 10.9 Å². The van der Waals surface area contributed by atoms with Crippen molar-refractivity contribution in [1.82, 2.24) is 20.9 Å². The van der Waals surface area contributed by atoms with E-state index in [1.807, 2.05) is 24.3 Å². The van der Waals surface area contributed by atoms with E-state index in [1.165, 1.54) is 13.8 Å². The van der Waals surface area contributed by atoms with Crippen molar-refractivity contribution < 1.29 is 28.7 Å². The van der Waals surface area contributed by atoms with Crippen LogP contribution in [0.4, 0.5) is 0 Å². The highest BCUT2D eigenvalue weighted by atomic mass is 16.5. The summed E-state index contributed by atoms with van der Waals surface area (Å²) in [5, 5.41) is 15.6. The number of hydrogen-bond acceptors (Lipinski definition) is 7. The third kappa shape index (κ3) is 8.05. The molecule has 0 aliphatic rings. The summed E-state index contributed by atoms with van der Waals surface area (Å²) in [6.45, 7) is 4.49. The number of fused-ring (bicyclic) bond motifs is 1. The van der Waals surface area contributed by atoms with Crippen LogP contribution in [0.3, 0.4) is 0 Å². The monoisotopic (exact) mass is 485 g/mol. The summed E-state index contributed by atoms with van der Waals surface area (Å²) in [4.78, 5) is 64.4. The van der Waals surface area contributed by atoms with Gasteiger partial charge in [0.2, 0.25) is 17.7 Å². The largest absolute Gasteiger partial charge is 0.464 e. The van der Waals surface area contributed by atoms with Gasteiger partial charge in [0.1, 0.15) is 18.1 Å². The number of aromatic nitrogens is 1. The molecule has 3 amide bonds. The molecular weight excluding hydrogens is 454 g/mol. The van der Waals surface area contributed by atoms with E-state index in [9.17, 15) is 24.0 Å². The molecule has 1 heterocycles. The van der Waals surface area contributed by atoms with E-state index in [4.69, 9.17) is 10.1 Å². The van der Waals surface area contributed by atoms with Crippen molar-refractivity contribution in [3.8, 4) is 0 Å². The summed E-state index contributed by atoms with van der Waals surface area (Å²) < 4.78 is 4.88. The fraction of sp³-hybridized carbons (Fsp3) is 0.417. The van der Waals surface area contributed by atoms with Crippen molar-refractivity contribution in [3.05, 3.63) is 36.0 Å². The number of aromatic amines is 1. The van der Waals surface area contributed by atoms with Crippen molar-refractivity contribution in [2.45, 2.75) is 58.2 Å². The first-order valence-corrected chi connectivity index (χ1v) is 11.3. The molecule has 188 valence electrons. The van der Waals surface area contributed by atoms with Crippen molar-refractivity contribution in [2.75, 3.05) is 6.61 Å². The molecule has 0 saturated carbocycles. The average molecular weight is 486 g/mol. The Hall–Kier alpha value is -4.02. The smallest absolute Gasteiger partial charge is 0.328 e. The highest BCUT2D eigenvalue weighted by Crippen LogP contribution is 2.19. The van der Waals surface area contributed by atoms with Crippen LogP contribution in [-0.4, -0.2) is 65.4 Å². The van der Waals surface area contributed by atoms with E-state index in [2.05, 4.69) is 20.9 Å². The van der Waals surface area contributed by atoms with Crippen molar-refractivity contribution in [3.63, 3.8) is 0 Å². The van der Waals surface area contributed by atoms with E-state index in [1.54, 1.807) is 13.1 Å². The van der Waals surface area contributed by atoms with Crippen LogP contribution in [0.1, 0.15) is 39.2 Å². The van der Waals surface area contributed by atoms with Gasteiger partial charge in [-0.2, -0.15) is 0 Å². The van der Waals surface area contributed by atoms with E-state index in [-0.39, 0.29) is 25.9 Å². The first-order valence-electron chi connectivity index (χ1n) is 11.3. The molecule has 3 atom stereocenters. The number of para-hydroxylation sites is 1. The van der Waals surface area contributed by atoms with Crippen molar-refractivity contribution in [2.24, 2.45) is 0 Å². The molecule has 2 aromatic rings. The molecule has 0 radical (unpaired) electrons. The maximum atomic E-state index is 13.2. The third-order valence-electron chi connectivity index (χ3n) is 5.27. The molecule has 11 heteroatoms. The second-order valence-electron chi connectivity index (χ2n) is 8.01. The molecule has 0 aliphatic carbocycles. The molecule has 0 bridgehead atoms. The van der Waals surface area contributed by atoms with Gasteiger partial charge in [0.25, 0.3) is 0 Å². The van der Waals surface area contributed by atoms with Gasteiger partial charge in [-0.15, -0.1) is 0 Å². The Balaban J connectivity index is 2.20. The van der Waals surface area contributed by atoms with E-state index in [0.29, 0.717) is 6.21 Å². The molecule has 0 aliphatic heterocycles. The van der Waals surface area contributed by atoms with E-state index < -0.39 is 47.6 Å². The van der Waals surface area contributed by atoms with Crippen LogP contribution in [0, 0.1) is 5.41 Å². The number of hydrogen-bond donors (Lipinski definition) is 5. The number of nitrogens with one attached hydrogen (secondary N) is 5. The second-order valence-corrected chi connectivity index (χ2v) is 8.01. The number of benzene rings is 1. The minimum atomic E-state index is -1.18. The number of carbonyl (C=O) groups is 5. The summed E-state index contributed by atoms with van der Waals surface area (Å²) in [7, 11) is 0. The standard InChI is InChI=1S/C24H31N5O6/c1-4-35-24(34)14(2)27-22(32)20(10-9-17(31)12-25)29-23(33)21(28-15(3)30)11-16-13-26-19-8-6-5-7-18(16)19/h5-8,12-14,20-21,25-26H,4,9-11H2,1-3H3,(H,27,32)(H,28,30)(H,29,33)/t14-,20-,21-/m0/s1. The molecule has 1 aromatic carbocycles. The Morgan fingerprint density at radius 1 is 1.06 bits per heavy atom. The van der Waals surface area contributed by atoms with Gasteiger partial charge < -0.3 is 31.1 Å². The number of ketones is 1. The zero-order chi connectivity index (χ0) is 26.0. The van der Waals surface area contributed by atoms with E-state index in [0.717, 1.165) is 16.5 Å². The van der Waals surface area contributed by atoms with Gasteiger partial charge in [0.05, 0.1) is 12.8 Å². The van der Waals surface area contributed by atoms with Crippen LogP contribution < -0.4 is 16.0 Å². The summed E-state index contributed by atoms with van der Waals surface area (Å²) in [6, 6.07) is 4.36. The average Bonchev–Trinajstić information content (AvgIpc) is 3.23. The molecule has 1 aromatic heterocycles. The maximum absolute atomic E-state index is 13.2. The number of rotatable bonds is 13. The normalized spacial score (nSPS) is 13.2. The predicted molar refractivity (Wildman–Crippen MR) is 129 cm³/mol. The highest BCUT2D eigenvalue weighted by Gasteiger charge is 2.29. The topological polar surface area (TPSA) is 170 Å². The molecule has 11 nitrogen and oxygen atoms in total. The minimum Gasteiger partial charge on any atom is -0.464 e. The first kappa shape index (κ1) is 27.2. The number of ether oxygens (including phenoxy) is 1. The van der Waals surface area contributed by atoms with Gasteiger partial charge >= 0.3 is 5.97 Å². The van der Waals surface area contributed by atoms with Gasteiger partial charge in [0, 0.05) is 36.9 Å². The van der Waals surface area contributed by atoms with Crippen molar-refractivity contribution >= 4 is 46.6 Å². The first-order chi connectivity index (χ1) is 16.7. The van der Waals surface area contributed by atoms with Gasteiger partial charge in [-0.3, -0.25) is 19.2 Å². The number of amides is 3. The fourth-order valence-electron chi connectivity index (χ4n) is 3.52. The molecule has 0 unspecified atom stereocenters. The molecule has 0 saturated heterocycles. The lowest BCUT2D eigenvalue weighted by Gasteiger charge is -2.24. The van der Waals surface area contributed by atoms with Crippen LogP contribution in [0.5, 0.6) is 0 Å². The molecule has 5 N–H and O–H groups in total. The zero-order valence-corrected chi connectivity index (χ0v) is 20.0. The highest BCUT2D eigenvalue weighted by molar-refractivity contribution is 6.26. The third-order valence-corrected chi connectivity index (χ3v) is 5.27. The Morgan fingerprint density at radius 2 is 1.74 bits per heavy atom. The molecule has 35 heavy (non-hydrogen) atoms. The molecule has 2 rings (SSSR count). The number of esters is 1. The Morgan fingerprint density at radius 3 is 2.40 bits per heavy atom. The van der Waals surface area contributed by atoms with Crippen LogP contribution >= 0.6 is 0 Å². The number of carbonyl (C=O) groups excluding carboxylic acids is 5. The van der Waals surface area contributed by atoms with Crippen LogP contribution in [0.15, 0.2) is 30.5 Å². The summed E-state index contributed by atoms with van der Waals surface area (Å²) in [5.41, 5.74) is 1.67. The van der Waals surface area contributed by atoms with Crippen molar-refractivity contribution in [1.29, 1.82) is 5.41 Å². The molecule has 0 spiro atoms. The summed E-state index contributed by atoms with van der Waals surface area (Å²) in [6.07, 6.45) is 2.28. The van der Waals surface area contributed by atoms with Gasteiger partial charge in [-0.1, -0.05) is 18.2 Å². The quantitative estimate of drug-likeness (QED) is 0.207. The van der Waals surface area contributed by atoms with E-state index >= 15 is 0 Å². The lowest BCUT2D eigenvalue weighted by Crippen LogP contribution is -2.55. The lowest BCUT2D eigenvalue weighted by molar-refractivity contribution is -0.147. The van der Waals surface area contributed by atoms with Gasteiger partial charge in [0.15, 0.2) is 5.78 Å². The Bertz CT molecular complexity index is 1100. The maximum Gasteiger partial charge on any atom is 0.328 e. The predicted octanol–water partition coefficient (Wildman–Crippen LogP) is 0.767. The molecule has 0 fully saturated rings. The summed E-state index contributed by atoms with van der Waals surface area (Å²) >= 11 is 0. The molecular formula is C24H31N5O6. The van der Waals surface area contributed by atoms with Gasteiger partial charge in [-0.05, 0) is 31.9 Å². The number of H-pyrrole nitrogens is 1. The number of Topliss-reactive ketones (excluding diaryl/α,β-unsaturated/α-hetero) is 1. The van der Waals surface area contributed by atoms with Gasteiger partial charge in [-0.25, -0.2) is 4.79 Å². The zero-order valence-electron chi connectivity index (χ0n) is 20.0.